The van der Waals surface area contributed by atoms with Crippen LogP contribution in [0.5, 0.6) is 0 Å². The lowest BCUT2D eigenvalue weighted by molar-refractivity contribution is -0.136. The quantitative estimate of drug-likeness (QED) is 0.611. The minimum atomic E-state index is -0.264. The molecule has 0 fully saturated rings. The van der Waals surface area contributed by atoms with E-state index >= 15 is 0 Å². The van der Waals surface area contributed by atoms with Crippen LogP contribution >= 0.6 is 0 Å². The van der Waals surface area contributed by atoms with Crippen molar-refractivity contribution >= 4 is 5.97 Å². The number of rotatable bonds is 1. The third-order valence-corrected chi connectivity index (χ3v) is 2.74. The zero-order valence-electron chi connectivity index (χ0n) is 8.99. The van der Waals surface area contributed by atoms with Gasteiger partial charge in [0.25, 0.3) is 0 Å². The molecule has 0 aromatic heterocycles. The number of ether oxygens (including phenoxy) is 1. The summed E-state index contributed by atoms with van der Waals surface area (Å²) in [4.78, 5) is 10.9. The second-order valence-electron chi connectivity index (χ2n) is 3.83. The first-order valence-electron chi connectivity index (χ1n) is 5.13. The Morgan fingerprint density at radius 1 is 1.53 bits per heavy atom. The van der Waals surface area contributed by atoms with Gasteiger partial charge < -0.3 is 4.74 Å². The molecule has 78 valence electrons. The highest BCUT2D eigenvalue weighted by Crippen LogP contribution is 2.34. The molecule has 0 heterocycles. The van der Waals surface area contributed by atoms with Gasteiger partial charge in [0.1, 0.15) is 5.76 Å². The highest BCUT2D eigenvalue weighted by Gasteiger charge is 2.21. The highest BCUT2D eigenvalue weighted by molar-refractivity contribution is 5.68. The molecule has 1 atom stereocenters. The standard InChI is InChI=1S/C13H14O2/c1-9-12-6-4-3-5-11(12)7-8-13(9)15-10(2)14/h3-4,6-8,11H,5H2,1-2H3. The Morgan fingerprint density at radius 2 is 2.33 bits per heavy atom. The second-order valence-corrected chi connectivity index (χ2v) is 3.83. The van der Waals surface area contributed by atoms with Crippen LogP contribution in [0.2, 0.25) is 0 Å². The van der Waals surface area contributed by atoms with E-state index in [4.69, 9.17) is 4.74 Å². The number of esters is 1. The fourth-order valence-corrected chi connectivity index (χ4v) is 1.97. The van der Waals surface area contributed by atoms with Gasteiger partial charge in [0.2, 0.25) is 0 Å². The summed E-state index contributed by atoms with van der Waals surface area (Å²) < 4.78 is 5.14. The smallest absolute Gasteiger partial charge is 0.308 e. The number of carbonyl (C=O) groups is 1. The molecule has 2 rings (SSSR count). The van der Waals surface area contributed by atoms with Crippen LogP contribution in [0.4, 0.5) is 0 Å². The van der Waals surface area contributed by atoms with Crippen LogP contribution < -0.4 is 0 Å². The molecule has 2 nitrogen and oxygen atoms in total. The van der Waals surface area contributed by atoms with Crippen LogP contribution in [0, 0.1) is 5.92 Å². The number of fused-ring (bicyclic) bond motifs is 1. The topological polar surface area (TPSA) is 26.3 Å². The largest absolute Gasteiger partial charge is 0.426 e. The Labute approximate surface area is 89.6 Å². The van der Waals surface area contributed by atoms with Crippen LogP contribution in [0.15, 0.2) is 47.3 Å². The van der Waals surface area contributed by atoms with Gasteiger partial charge in [-0.25, -0.2) is 0 Å². The van der Waals surface area contributed by atoms with Crippen molar-refractivity contribution in [3.05, 3.63) is 47.3 Å². The minimum Gasteiger partial charge on any atom is -0.426 e. The molecule has 0 aromatic rings. The molecule has 15 heavy (non-hydrogen) atoms. The SMILES string of the molecule is CC(=O)OC1=C(C)C2=CC=CCC2C=C1. The van der Waals surface area contributed by atoms with E-state index in [0.717, 1.165) is 12.0 Å². The molecule has 0 N–H and O–H groups in total. The van der Waals surface area contributed by atoms with Gasteiger partial charge in [-0.2, -0.15) is 0 Å². The van der Waals surface area contributed by atoms with E-state index in [0.29, 0.717) is 11.7 Å². The number of hydrogen-bond donors (Lipinski definition) is 0. The fourth-order valence-electron chi connectivity index (χ4n) is 1.97. The lowest BCUT2D eigenvalue weighted by atomic mass is 9.83. The van der Waals surface area contributed by atoms with Gasteiger partial charge in [0.05, 0.1) is 0 Å². The van der Waals surface area contributed by atoms with Gasteiger partial charge in [-0.05, 0) is 30.6 Å². The van der Waals surface area contributed by atoms with E-state index in [1.165, 1.54) is 12.5 Å². The van der Waals surface area contributed by atoms with Gasteiger partial charge in [-0.15, -0.1) is 0 Å². The summed E-state index contributed by atoms with van der Waals surface area (Å²) in [6.07, 6.45) is 11.3. The molecule has 0 saturated carbocycles. The number of hydrogen-bond acceptors (Lipinski definition) is 2. The van der Waals surface area contributed by atoms with Crippen molar-refractivity contribution in [2.75, 3.05) is 0 Å². The molecule has 2 heteroatoms. The predicted molar refractivity (Wildman–Crippen MR) is 58.9 cm³/mol. The fraction of sp³-hybridized carbons (Fsp3) is 0.308. The Balaban J connectivity index is 2.32. The maximum Gasteiger partial charge on any atom is 0.308 e. The number of allylic oxidation sites excluding steroid dienone is 7. The average Bonchev–Trinajstić information content (AvgIpc) is 2.22. The predicted octanol–water partition coefficient (Wildman–Crippen LogP) is 2.90. The summed E-state index contributed by atoms with van der Waals surface area (Å²) in [5.74, 6) is 0.869. The Kier molecular flexibility index (Phi) is 2.58. The average molecular weight is 202 g/mol. The molecular weight excluding hydrogens is 188 g/mol. The van der Waals surface area contributed by atoms with E-state index in [-0.39, 0.29) is 5.97 Å². The van der Waals surface area contributed by atoms with Gasteiger partial charge in [0, 0.05) is 12.8 Å². The van der Waals surface area contributed by atoms with Crippen molar-refractivity contribution in [1.82, 2.24) is 0 Å². The molecule has 1 unspecified atom stereocenters. The first kappa shape index (κ1) is 9.97. The lowest BCUT2D eigenvalue weighted by Crippen LogP contribution is -2.12. The highest BCUT2D eigenvalue weighted by atomic mass is 16.5. The van der Waals surface area contributed by atoms with Gasteiger partial charge >= 0.3 is 5.97 Å². The first-order valence-corrected chi connectivity index (χ1v) is 5.13. The summed E-state index contributed by atoms with van der Waals surface area (Å²) in [7, 11) is 0. The molecular formula is C13H14O2. The summed E-state index contributed by atoms with van der Waals surface area (Å²) in [6, 6.07) is 0. The molecule has 0 amide bonds. The van der Waals surface area contributed by atoms with E-state index in [2.05, 4.69) is 24.3 Å². The van der Waals surface area contributed by atoms with Crippen LogP contribution in [0.1, 0.15) is 20.3 Å². The molecule has 2 aliphatic rings. The Morgan fingerprint density at radius 3 is 3.07 bits per heavy atom. The van der Waals surface area contributed by atoms with E-state index in [1.54, 1.807) is 0 Å². The van der Waals surface area contributed by atoms with Crippen LogP contribution in [0.3, 0.4) is 0 Å². The lowest BCUT2D eigenvalue weighted by Gasteiger charge is -2.24. The summed E-state index contributed by atoms with van der Waals surface area (Å²) >= 11 is 0. The van der Waals surface area contributed by atoms with Crippen molar-refractivity contribution in [3.8, 4) is 0 Å². The normalized spacial score (nSPS) is 23.6. The molecule has 2 aliphatic carbocycles. The van der Waals surface area contributed by atoms with Crippen LogP contribution in [-0.4, -0.2) is 5.97 Å². The summed E-state index contributed by atoms with van der Waals surface area (Å²) in [5, 5.41) is 0. The third kappa shape index (κ3) is 1.94. The van der Waals surface area contributed by atoms with Crippen LogP contribution in [-0.2, 0) is 9.53 Å². The monoisotopic (exact) mass is 202 g/mol. The molecule has 0 aromatic carbocycles. The first-order chi connectivity index (χ1) is 7.18. The molecule has 0 spiro atoms. The number of carbonyl (C=O) groups excluding carboxylic acids is 1. The van der Waals surface area contributed by atoms with E-state index < -0.39 is 0 Å². The van der Waals surface area contributed by atoms with Crippen molar-refractivity contribution < 1.29 is 9.53 Å². The van der Waals surface area contributed by atoms with Crippen molar-refractivity contribution in [1.29, 1.82) is 0 Å². The molecule has 0 bridgehead atoms. The second kappa shape index (κ2) is 3.89. The minimum absolute atomic E-state index is 0.264. The van der Waals surface area contributed by atoms with E-state index in [9.17, 15) is 4.79 Å². The van der Waals surface area contributed by atoms with Crippen molar-refractivity contribution in [3.63, 3.8) is 0 Å². The maximum absolute atomic E-state index is 10.9. The Hall–Kier alpha value is -1.57. The van der Waals surface area contributed by atoms with Crippen molar-refractivity contribution in [2.45, 2.75) is 20.3 Å². The molecule has 0 radical (unpaired) electrons. The van der Waals surface area contributed by atoms with Crippen LogP contribution in [0.25, 0.3) is 0 Å². The zero-order valence-corrected chi connectivity index (χ0v) is 8.99. The van der Waals surface area contributed by atoms with Crippen molar-refractivity contribution in [2.24, 2.45) is 5.92 Å². The Bertz CT molecular complexity index is 408. The summed E-state index contributed by atoms with van der Waals surface area (Å²) in [6.45, 7) is 3.43. The van der Waals surface area contributed by atoms with Gasteiger partial charge in [-0.1, -0.05) is 24.3 Å². The zero-order chi connectivity index (χ0) is 10.8. The molecule has 0 aliphatic heterocycles. The maximum atomic E-state index is 10.9. The van der Waals surface area contributed by atoms with Gasteiger partial charge in [-0.3, -0.25) is 4.79 Å². The summed E-state index contributed by atoms with van der Waals surface area (Å²) in [5.41, 5.74) is 2.33. The molecule has 0 saturated heterocycles. The van der Waals surface area contributed by atoms with E-state index in [1.807, 2.05) is 13.0 Å². The third-order valence-electron chi connectivity index (χ3n) is 2.74. The van der Waals surface area contributed by atoms with Gasteiger partial charge in [0.15, 0.2) is 0 Å².